The Hall–Kier alpha value is -3.47. The van der Waals surface area contributed by atoms with Gasteiger partial charge < -0.3 is 14.8 Å². The molecule has 1 fully saturated rings. The predicted molar refractivity (Wildman–Crippen MR) is 241 cm³/mol. The highest BCUT2D eigenvalue weighted by Gasteiger charge is 2.50. The van der Waals surface area contributed by atoms with E-state index in [2.05, 4.69) is 67.6 Å². The Kier molecular flexibility index (Phi) is 13.0. The monoisotopic (exact) mass is 854 g/mol. The Morgan fingerprint density at radius 2 is 1.59 bits per heavy atom. The fraction of sp³-hybridized carbons (Fsp3) is 0.413. The van der Waals surface area contributed by atoms with Gasteiger partial charge in [0.05, 0.1) is 22.6 Å². The lowest BCUT2D eigenvalue weighted by atomic mass is 9.90. The molecule has 3 aromatic carbocycles. The lowest BCUT2D eigenvalue weighted by Gasteiger charge is -2.45. The average Bonchev–Trinajstić information content (AvgIpc) is 3.80. The van der Waals surface area contributed by atoms with Crippen molar-refractivity contribution in [1.82, 2.24) is 14.6 Å². The van der Waals surface area contributed by atoms with Gasteiger partial charge in [0.15, 0.2) is 0 Å². The molecule has 1 aliphatic heterocycles. The number of aromatic nitrogens is 2. The molecule has 5 aromatic rings. The fourth-order valence-corrected chi connectivity index (χ4v) is 19.8. The molecule has 0 bridgehead atoms. The average molecular weight is 856 g/mol. The first-order chi connectivity index (χ1) is 27.8. The number of hydrogen-bond acceptors (Lipinski definition) is 8. The molecule has 0 amide bonds. The maximum Gasteiger partial charge on any atom is 0.208 e. The molecule has 0 unspecified atom stereocenters. The number of benzene rings is 3. The largest absolute Gasteiger partial charge is 0.413 e. The second-order valence-corrected chi connectivity index (χ2v) is 26.7. The number of aryl methyl sites for hydroxylation is 1. The van der Waals surface area contributed by atoms with Gasteiger partial charge in [0.25, 0.3) is 0 Å². The molecule has 306 valence electrons. The van der Waals surface area contributed by atoms with E-state index in [1.807, 2.05) is 85.8 Å². The van der Waals surface area contributed by atoms with Crippen LogP contribution >= 0.6 is 30.2 Å². The standard InChI is InChI=1S/C46H56ClN4O4PSSi/c1-29(2)58(30(3)4,31(5)6)55-42-24-36(22-34(42)27-52)50-46-41(26-48-28-49-46)45(53)43-25-39(32(7)57-43)44-40-23-35(47)19-18-33(40)20-21-51(44)56(54,37-14-10-8-11-15-37)38-16-12-9-13-17-38/h8-19,23,25-26,28-31,34,36,42,44,52H,20-22,24,27H2,1-7H3,(H,48,49,50)/t34-,36-,42+,44+/m1/s1. The molecule has 8 nitrogen and oxygen atoms in total. The van der Waals surface area contributed by atoms with Crippen molar-refractivity contribution in [1.29, 1.82) is 0 Å². The van der Waals surface area contributed by atoms with E-state index in [1.165, 1.54) is 17.7 Å². The van der Waals surface area contributed by atoms with Gasteiger partial charge in [-0.25, -0.2) is 14.6 Å². The quantitative estimate of drug-likeness (QED) is 0.0647. The van der Waals surface area contributed by atoms with Gasteiger partial charge in [0, 0.05) is 51.8 Å². The Bertz CT molecular complexity index is 2210. The van der Waals surface area contributed by atoms with Gasteiger partial charge in [-0.2, -0.15) is 0 Å². The normalized spacial score (nSPS) is 20.2. The van der Waals surface area contributed by atoms with Crippen LogP contribution in [0.2, 0.25) is 21.6 Å². The van der Waals surface area contributed by atoms with Gasteiger partial charge in [0.1, 0.15) is 12.1 Å². The van der Waals surface area contributed by atoms with Crippen molar-refractivity contribution in [3.8, 4) is 0 Å². The van der Waals surface area contributed by atoms with E-state index in [0.717, 1.165) is 32.2 Å². The van der Waals surface area contributed by atoms with Crippen LogP contribution < -0.4 is 15.9 Å². The zero-order valence-electron chi connectivity index (χ0n) is 34.6. The number of halogens is 1. The summed E-state index contributed by atoms with van der Waals surface area (Å²) >= 11 is 8.14. The summed E-state index contributed by atoms with van der Waals surface area (Å²) in [6.45, 7) is 16.3. The van der Waals surface area contributed by atoms with E-state index in [0.29, 0.717) is 63.7 Å². The minimum atomic E-state index is -3.40. The van der Waals surface area contributed by atoms with Crippen LogP contribution in [0.4, 0.5) is 5.82 Å². The third-order valence-electron chi connectivity index (χ3n) is 12.6. The number of fused-ring (bicyclic) bond motifs is 1. The molecule has 0 saturated heterocycles. The summed E-state index contributed by atoms with van der Waals surface area (Å²) in [7, 11) is -5.59. The number of carbonyl (C=O) groups is 1. The molecule has 4 atom stereocenters. The number of rotatable bonds is 14. The van der Waals surface area contributed by atoms with Gasteiger partial charge in [-0.3, -0.25) is 9.36 Å². The molecule has 7 rings (SSSR count). The first-order valence-corrected chi connectivity index (χ1v) is 25.6. The van der Waals surface area contributed by atoms with E-state index in [9.17, 15) is 9.90 Å². The summed E-state index contributed by atoms with van der Waals surface area (Å²) < 4.78 is 25.3. The van der Waals surface area contributed by atoms with Gasteiger partial charge in [-0.05, 0) is 102 Å². The predicted octanol–water partition coefficient (Wildman–Crippen LogP) is 10.4. The number of ketones is 1. The molecule has 0 spiro atoms. The summed E-state index contributed by atoms with van der Waals surface area (Å²) in [4.78, 5) is 25.1. The zero-order chi connectivity index (χ0) is 41.4. The molecule has 3 heterocycles. The van der Waals surface area contributed by atoms with Gasteiger partial charge in [0.2, 0.25) is 21.4 Å². The summed E-state index contributed by atoms with van der Waals surface area (Å²) in [5.41, 5.74) is 4.74. The van der Waals surface area contributed by atoms with E-state index >= 15 is 4.57 Å². The fourth-order valence-electron chi connectivity index (χ4n) is 9.94. The van der Waals surface area contributed by atoms with Crippen LogP contribution in [0.15, 0.2) is 97.5 Å². The van der Waals surface area contributed by atoms with Crippen molar-refractivity contribution in [2.24, 2.45) is 5.92 Å². The van der Waals surface area contributed by atoms with Crippen LogP contribution in [0.3, 0.4) is 0 Å². The molecule has 0 radical (unpaired) electrons. The number of nitrogens with one attached hydrogen (secondary N) is 1. The van der Waals surface area contributed by atoms with E-state index in [-0.39, 0.29) is 30.5 Å². The smallest absolute Gasteiger partial charge is 0.208 e. The number of hydrogen-bond donors (Lipinski definition) is 2. The highest BCUT2D eigenvalue weighted by molar-refractivity contribution is 7.76. The number of anilines is 1. The Morgan fingerprint density at radius 3 is 2.19 bits per heavy atom. The molecule has 2 aromatic heterocycles. The van der Waals surface area contributed by atoms with Crippen LogP contribution in [0.1, 0.15) is 97.2 Å². The number of thiophene rings is 1. The second-order valence-electron chi connectivity index (χ2n) is 16.9. The van der Waals surface area contributed by atoms with Crippen molar-refractivity contribution in [2.75, 3.05) is 18.5 Å². The summed E-state index contributed by atoms with van der Waals surface area (Å²) in [6, 6.07) is 27.0. The van der Waals surface area contributed by atoms with Crippen molar-refractivity contribution in [3.63, 3.8) is 0 Å². The molecule has 2 N–H and O–H groups in total. The Labute approximate surface area is 354 Å². The molecular formula is C46H56ClN4O4PSSi. The summed E-state index contributed by atoms with van der Waals surface area (Å²) in [5.74, 6) is 0.284. The summed E-state index contributed by atoms with van der Waals surface area (Å²) in [5, 5.41) is 16.2. The van der Waals surface area contributed by atoms with Crippen molar-refractivity contribution in [3.05, 3.63) is 134 Å². The van der Waals surface area contributed by atoms with E-state index in [4.69, 9.17) is 16.0 Å². The van der Waals surface area contributed by atoms with Crippen molar-refractivity contribution >= 4 is 60.8 Å². The maximum atomic E-state index is 16.0. The topological polar surface area (TPSA) is 105 Å². The van der Waals surface area contributed by atoms with E-state index < -0.39 is 21.7 Å². The third-order valence-corrected chi connectivity index (χ3v) is 23.2. The Morgan fingerprint density at radius 1 is 0.948 bits per heavy atom. The second kappa shape index (κ2) is 17.6. The SMILES string of the molecule is Cc1sc(C(=O)c2cncnc2N[C@@H]2C[C@H](CO)[C@@H](O[Si](C(C)C)(C(C)C)C(C)C)C2)cc1[C@H]1c2cc(Cl)ccc2CCN1P(=O)(c1ccccc1)c1ccccc1. The zero-order valence-corrected chi connectivity index (χ0v) is 38.0. The molecular weight excluding hydrogens is 799 g/mol. The molecule has 1 saturated carbocycles. The highest BCUT2D eigenvalue weighted by Crippen LogP contribution is 2.57. The van der Waals surface area contributed by atoms with Gasteiger partial charge >= 0.3 is 0 Å². The highest BCUT2D eigenvalue weighted by atomic mass is 35.5. The lowest BCUT2D eigenvalue weighted by molar-refractivity contribution is 0.0941. The number of carbonyl (C=O) groups excluding carboxylic acids is 1. The first-order valence-electron chi connectivity index (χ1n) is 20.6. The summed E-state index contributed by atoms with van der Waals surface area (Å²) in [6.07, 6.45) is 5.11. The van der Waals surface area contributed by atoms with Crippen molar-refractivity contribution < 1.29 is 18.9 Å². The molecule has 2 aliphatic rings. The number of aliphatic hydroxyl groups excluding tert-OH is 1. The minimum Gasteiger partial charge on any atom is -0.413 e. The van der Waals surface area contributed by atoms with Crippen molar-refractivity contribution in [2.45, 2.75) is 103 Å². The lowest BCUT2D eigenvalue weighted by Crippen LogP contribution is -2.51. The minimum absolute atomic E-state index is 0.0123. The van der Waals surface area contributed by atoms with E-state index in [1.54, 1.807) is 6.20 Å². The van der Waals surface area contributed by atoms with Gasteiger partial charge in [-0.1, -0.05) is 95.6 Å². The molecule has 1 aliphatic carbocycles. The van der Waals surface area contributed by atoms with Crippen LogP contribution in [-0.2, 0) is 15.4 Å². The number of aliphatic hydroxyl groups is 1. The first kappa shape index (κ1) is 42.6. The number of nitrogens with zero attached hydrogens (tertiary/aromatic N) is 3. The third kappa shape index (κ3) is 7.94. The van der Waals surface area contributed by atoms with Crippen LogP contribution in [0.25, 0.3) is 0 Å². The Balaban J connectivity index is 1.23. The van der Waals surface area contributed by atoms with Gasteiger partial charge in [-0.15, -0.1) is 11.3 Å². The van der Waals surface area contributed by atoms with Crippen LogP contribution in [0, 0.1) is 12.8 Å². The molecule has 58 heavy (non-hydrogen) atoms. The van der Waals surface area contributed by atoms with Crippen LogP contribution in [0.5, 0.6) is 0 Å². The van der Waals surface area contributed by atoms with Crippen LogP contribution in [-0.4, -0.2) is 59.1 Å². The molecule has 12 heteroatoms. The maximum absolute atomic E-state index is 16.0.